The molecule has 5 nitrogen and oxygen atoms in total. The van der Waals surface area contributed by atoms with Crippen LogP contribution < -0.4 is 9.47 Å². The summed E-state index contributed by atoms with van der Waals surface area (Å²) >= 11 is 0. The SMILES string of the molecule is CCCCCC(C)C(C)c1cc(OCCCN2CCOCC2)c2c(c1)OC(C)(C)c1ccncc1-2.Cl. The molecule has 0 radical (unpaired) electrons. The van der Waals surface area contributed by atoms with Crippen molar-refractivity contribution in [3.8, 4) is 22.6 Å². The zero-order valence-corrected chi connectivity index (χ0v) is 23.7. The zero-order valence-electron chi connectivity index (χ0n) is 22.8. The standard InChI is InChI=1S/C30H44N2O3.ClH/c1-6-7-8-10-22(2)23(3)24-19-27(34-16-9-13-32-14-17-33-18-15-32)29-25-21-31-12-11-26(25)30(4,5)35-28(29)20-24;/h11-12,19-23H,6-10,13-18H2,1-5H3;1H. The number of aromatic nitrogens is 1. The summed E-state index contributed by atoms with van der Waals surface area (Å²) in [7, 11) is 0. The van der Waals surface area contributed by atoms with Crippen molar-refractivity contribution in [1.29, 1.82) is 0 Å². The lowest BCUT2D eigenvalue weighted by Gasteiger charge is -2.36. The van der Waals surface area contributed by atoms with Crippen molar-refractivity contribution in [3.63, 3.8) is 0 Å². The van der Waals surface area contributed by atoms with E-state index in [2.05, 4.69) is 62.7 Å². The first kappa shape index (κ1) is 28.7. The van der Waals surface area contributed by atoms with Crippen LogP contribution in [0.25, 0.3) is 11.1 Å². The molecular weight excluding hydrogens is 472 g/mol. The van der Waals surface area contributed by atoms with Gasteiger partial charge in [-0.1, -0.05) is 46.5 Å². The van der Waals surface area contributed by atoms with Crippen molar-refractivity contribution in [2.45, 2.75) is 78.2 Å². The maximum atomic E-state index is 6.63. The van der Waals surface area contributed by atoms with Crippen LogP contribution in [0.15, 0.2) is 30.6 Å². The molecule has 2 atom stereocenters. The Morgan fingerprint density at radius 3 is 2.64 bits per heavy atom. The lowest BCUT2D eigenvalue weighted by molar-refractivity contribution is 0.0358. The van der Waals surface area contributed by atoms with Gasteiger partial charge in [0.1, 0.15) is 17.1 Å². The Balaban J connectivity index is 0.00000361. The zero-order chi connectivity index (χ0) is 24.8. The van der Waals surface area contributed by atoms with Crippen LogP contribution in [0.2, 0.25) is 0 Å². The molecule has 1 aromatic carbocycles. The average Bonchev–Trinajstić information content (AvgIpc) is 2.86. The van der Waals surface area contributed by atoms with Crippen LogP contribution in [0.4, 0.5) is 0 Å². The minimum absolute atomic E-state index is 0. The number of hydrogen-bond donors (Lipinski definition) is 0. The molecule has 6 heteroatoms. The van der Waals surface area contributed by atoms with Crippen LogP contribution in [-0.2, 0) is 10.3 Å². The van der Waals surface area contributed by atoms with E-state index in [4.69, 9.17) is 14.2 Å². The third-order valence-corrected chi connectivity index (χ3v) is 7.81. The van der Waals surface area contributed by atoms with E-state index in [1.807, 2.05) is 12.4 Å². The van der Waals surface area contributed by atoms with Gasteiger partial charge in [0, 0.05) is 43.2 Å². The smallest absolute Gasteiger partial charge is 0.132 e. The summed E-state index contributed by atoms with van der Waals surface area (Å²) in [5, 5.41) is 0. The van der Waals surface area contributed by atoms with Gasteiger partial charge in [0.15, 0.2) is 0 Å². The molecular formula is C30H45ClN2O3. The summed E-state index contributed by atoms with van der Waals surface area (Å²) in [4.78, 5) is 6.92. The highest BCUT2D eigenvalue weighted by Gasteiger charge is 2.35. The second kappa shape index (κ2) is 13.1. The van der Waals surface area contributed by atoms with Crippen molar-refractivity contribution in [2.24, 2.45) is 5.92 Å². The van der Waals surface area contributed by atoms with E-state index < -0.39 is 5.60 Å². The largest absolute Gasteiger partial charge is 0.493 e. The van der Waals surface area contributed by atoms with Gasteiger partial charge >= 0.3 is 0 Å². The highest BCUT2D eigenvalue weighted by molar-refractivity contribution is 5.85. The third kappa shape index (κ3) is 6.73. The first-order valence-electron chi connectivity index (χ1n) is 13.7. The number of morpholine rings is 1. The van der Waals surface area contributed by atoms with E-state index in [-0.39, 0.29) is 12.4 Å². The Morgan fingerprint density at radius 2 is 1.89 bits per heavy atom. The molecule has 200 valence electrons. The van der Waals surface area contributed by atoms with Gasteiger partial charge < -0.3 is 14.2 Å². The lowest BCUT2D eigenvalue weighted by Crippen LogP contribution is -2.37. The van der Waals surface area contributed by atoms with Crippen LogP contribution in [-0.4, -0.2) is 49.3 Å². The second-order valence-electron chi connectivity index (χ2n) is 10.8. The molecule has 0 saturated carbocycles. The maximum Gasteiger partial charge on any atom is 0.132 e. The quantitative estimate of drug-likeness (QED) is 0.295. The van der Waals surface area contributed by atoms with Crippen molar-refractivity contribution in [3.05, 3.63) is 41.7 Å². The van der Waals surface area contributed by atoms with Gasteiger partial charge in [0.25, 0.3) is 0 Å². The fraction of sp³-hybridized carbons (Fsp3) is 0.633. The van der Waals surface area contributed by atoms with Gasteiger partial charge in [-0.3, -0.25) is 9.88 Å². The second-order valence-corrected chi connectivity index (χ2v) is 10.8. The van der Waals surface area contributed by atoms with E-state index in [0.717, 1.165) is 67.5 Å². The molecule has 36 heavy (non-hydrogen) atoms. The number of rotatable bonds is 11. The first-order chi connectivity index (χ1) is 16.9. The molecule has 1 aromatic heterocycles. The predicted molar refractivity (Wildman–Crippen MR) is 150 cm³/mol. The number of halogens is 1. The molecule has 4 rings (SSSR count). The number of nitrogens with zero attached hydrogens (tertiary/aromatic N) is 2. The number of unbranched alkanes of at least 4 members (excludes halogenated alkanes) is 2. The van der Waals surface area contributed by atoms with Crippen molar-refractivity contribution in [1.82, 2.24) is 9.88 Å². The number of hydrogen-bond acceptors (Lipinski definition) is 5. The molecule has 0 spiro atoms. The number of fused-ring (bicyclic) bond motifs is 3. The van der Waals surface area contributed by atoms with E-state index in [9.17, 15) is 0 Å². The van der Waals surface area contributed by atoms with Crippen LogP contribution >= 0.6 is 12.4 Å². The Kier molecular flexibility index (Phi) is 10.5. The fourth-order valence-electron chi connectivity index (χ4n) is 5.37. The van der Waals surface area contributed by atoms with Gasteiger partial charge in [-0.2, -0.15) is 0 Å². The topological polar surface area (TPSA) is 43.8 Å². The predicted octanol–water partition coefficient (Wildman–Crippen LogP) is 7.22. The van der Waals surface area contributed by atoms with Gasteiger partial charge in [-0.15, -0.1) is 12.4 Å². The first-order valence-corrected chi connectivity index (χ1v) is 13.7. The van der Waals surface area contributed by atoms with Crippen LogP contribution in [0.1, 0.15) is 83.8 Å². The van der Waals surface area contributed by atoms with Crippen LogP contribution in [0, 0.1) is 5.92 Å². The van der Waals surface area contributed by atoms with Gasteiger partial charge in [0.2, 0.25) is 0 Å². The number of benzene rings is 1. The van der Waals surface area contributed by atoms with E-state index in [1.54, 1.807) is 0 Å². The summed E-state index contributed by atoms with van der Waals surface area (Å²) in [6.45, 7) is 16.7. The van der Waals surface area contributed by atoms with E-state index >= 15 is 0 Å². The molecule has 0 N–H and O–H groups in total. The average molecular weight is 517 g/mol. The van der Waals surface area contributed by atoms with Crippen molar-refractivity contribution >= 4 is 12.4 Å². The highest BCUT2D eigenvalue weighted by atomic mass is 35.5. The summed E-state index contributed by atoms with van der Waals surface area (Å²) < 4.78 is 18.6. The maximum absolute atomic E-state index is 6.63. The lowest BCUT2D eigenvalue weighted by atomic mass is 9.82. The van der Waals surface area contributed by atoms with Crippen LogP contribution in [0.5, 0.6) is 11.5 Å². The Bertz CT molecular complexity index is 975. The molecule has 2 unspecified atom stereocenters. The fourth-order valence-corrected chi connectivity index (χ4v) is 5.37. The molecule has 1 fully saturated rings. The summed E-state index contributed by atoms with van der Waals surface area (Å²) in [5.74, 6) is 2.90. The third-order valence-electron chi connectivity index (χ3n) is 7.81. The Morgan fingerprint density at radius 1 is 1.11 bits per heavy atom. The van der Waals surface area contributed by atoms with E-state index in [1.165, 1.54) is 31.2 Å². The minimum Gasteiger partial charge on any atom is -0.493 e. The normalized spacial score (nSPS) is 18.2. The van der Waals surface area contributed by atoms with Gasteiger partial charge in [0.05, 0.1) is 25.4 Å². The van der Waals surface area contributed by atoms with E-state index in [0.29, 0.717) is 18.4 Å². The highest BCUT2D eigenvalue weighted by Crippen LogP contribution is 2.50. The van der Waals surface area contributed by atoms with Gasteiger partial charge in [-0.25, -0.2) is 0 Å². The molecule has 0 bridgehead atoms. The van der Waals surface area contributed by atoms with Gasteiger partial charge in [-0.05, 0) is 55.9 Å². The Hall–Kier alpha value is -1.82. The van der Waals surface area contributed by atoms with Crippen LogP contribution in [0.3, 0.4) is 0 Å². The molecule has 3 heterocycles. The van der Waals surface area contributed by atoms with Crippen molar-refractivity contribution < 1.29 is 14.2 Å². The Labute approximate surface area is 224 Å². The van der Waals surface area contributed by atoms with Crippen molar-refractivity contribution in [2.75, 3.05) is 39.5 Å². The molecule has 1 saturated heterocycles. The summed E-state index contributed by atoms with van der Waals surface area (Å²) in [5.41, 5.74) is 4.23. The number of ether oxygens (including phenoxy) is 3. The summed E-state index contributed by atoms with van der Waals surface area (Å²) in [6.07, 6.45) is 9.93. The molecule has 2 aliphatic rings. The molecule has 2 aliphatic heterocycles. The summed E-state index contributed by atoms with van der Waals surface area (Å²) in [6, 6.07) is 6.61. The monoisotopic (exact) mass is 516 g/mol. The molecule has 2 aromatic rings. The molecule has 0 amide bonds. The number of pyridine rings is 1. The molecule has 0 aliphatic carbocycles. The minimum atomic E-state index is -0.409.